The summed E-state index contributed by atoms with van der Waals surface area (Å²) in [5, 5.41) is 11.7. The van der Waals surface area contributed by atoms with E-state index in [0.29, 0.717) is 42.8 Å². The Balaban J connectivity index is 0.000000493. The van der Waals surface area contributed by atoms with E-state index in [0.717, 1.165) is 39.9 Å². The molecule has 2 aromatic carbocycles. The lowest BCUT2D eigenvalue weighted by atomic mass is 10.1. The topological polar surface area (TPSA) is 106 Å². The van der Waals surface area contributed by atoms with E-state index in [1.807, 2.05) is 18.2 Å². The number of likely N-dealkylation sites (tertiary alicyclic amines) is 1. The maximum absolute atomic E-state index is 13.6. The SMILES string of the molecule is CN1CCCC1CCNc1cc(Br)ccc1S(=O)(=O)N1CCN(c2nsc3ccccc23)CC1.O=C(O)C(F)(F)F. The Labute approximate surface area is 249 Å². The summed E-state index contributed by atoms with van der Waals surface area (Å²) in [6.45, 7) is 4.02. The number of hydrogen-bond acceptors (Lipinski definition) is 8. The number of carboxylic acid groups (broad SMARTS) is 1. The van der Waals surface area contributed by atoms with Gasteiger partial charge < -0.3 is 20.2 Å². The molecule has 0 radical (unpaired) electrons. The molecule has 3 aromatic rings. The smallest absolute Gasteiger partial charge is 0.475 e. The number of sulfonamides is 1. The quantitative estimate of drug-likeness (QED) is 0.356. The Morgan fingerprint density at radius 1 is 1.15 bits per heavy atom. The van der Waals surface area contributed by atoms with E-state index in [1.54, 1.807) is 16.4 Å². The zero-order valence-corrected chi connectivity index (χ0v) is 25.5. The molecule has 0 spiro atoms. The van der Waals surface area contributed by atoms with Crippen LogP contribution in [0.1, 0.15) is 19.3 Å². The van der Waals surface area contributed by atoms with Crippen LogP contribution >= 0.6 is 27.5 Å². The molecule has 0 aliphatic carbocycles. The van der Waals surface area contributed by atoms with E-state index < -0.39 is 22.2 Å². The van der Waals surface area contributed by atoms with Gasteiger partial charge in [-0.15, -0.1) is 0 Å². The highest BCUT2D eigenvalue weighted by Crippen LogP contribution is 2.32. The molecular formula is C26H31BrF3N5O4S2. The van der Waals surface area contributed by atoms with E-state index in [9.17, 15) is 21.6 Å². The summed E-state index contributed by atoms with van der Waals surface area (Å²) in [7, 11) is -1.44. The highest BCUT2D eigenvalue weighted by molar-refractivity contribution is 9.10. The molecule has 5 rings (SSSR count). The van der Waals surface area contributed by atoms with Crippen molar-refractivity contribution in [2.75, 3.05) is 56.5 Å². The van der Waals surface area contributed by atoms with Gasteiger partial charge in [0.25, 0.3) is 0 Å². The molecule has 2 fully saturated rings. The highest BCUT2D eigenvalue weighted by atomic mass is 79.9. The molecule has 2 saturated heterocycles. The molecule has 15 heteroatoms. The van der Waals surface area contributed by atoms with Gasteiger partial charge in [-0.2, -0.15) is 21.9 Å². The highest BCUT2D eigenvalue weighted by Gasteiger charge is 2.38. The molecule has 2 N–H and O–H groups in total. The first-order chi connectivity index (χ1) is 19.4. The summed E-state index contributed by atoms with van der Waals surface area (Å²) in [5.41, 5.74) is 0.669. The second kappa shape index (κ2) is 13.2. The van der Waals surface area contributed by atoms with Gasteiger partial charge in [-0.3, -0.25) is 0 Å². The van der Waals surface area contributed by atoms with Gasteiger partial charge in [0.15, 0.2) is 0 Å². The molecule has 2 aliphatic heterocycles. The normalized spacial score (nSPS) is 18.8. The van der Waals surface area contributed by atoms with Crippen molar-refractivity contribution in [3.05, 3.63) is 46.9 Å². The Kier molecular flexibility index (Phi) is 10.2. The molecule has 1 atom stereocenters. The van der Waals surface area contributed by atoms with Crippen molar-refractivity contribution in [2.45, 2.75) is 36.4 Å². The monoisotopic (exact) mass is 677 g/mol. The van der Waals surface area contributed by atoms with Crippen molar-refractivity contribution in [3.63, 3.8) is 0 Å². The van der Waals surface area contributed by atoms with Crippen LogP contribution < -0.4 is 10.2 Å². The lowest BCUT2D eigenvalue weighted by Gasteiger charge is -2.34. The standard InChI is InChI=1S/C24H30BrN5O2S2.C2HF3O2/c1-28-12-4-5-19(28)10-11-26-21-17-18(25)8-9-23(21)34(31,32)30-15-13-29(14-16-30)24-20-6-2-3-7-22(20)33-27-24;3-2(4,5)1(6)7/h2-3,6-9,17,19,26H,4-5,10-16H2,1H3;(H,6,7). The summed E-state index contributed by atoms with van der Waals surface area (Å²) in [4.78, 5) is 13.8. The maximum Gasteiger partial charge on any atom is 0.490 e. The Hall–Kier alpha value is -2.46. The van der Waals surface area contributed by atoms with Gasteiger partial charge in [-0.25, -0.2) is 13.2 Å². The van der Waals surface area contributed by atoms with Gasteiger partial charge in [-0.1, -0.05) is 28.1 Å². The average molecular weight is 679 g/mol. The Morgan fingerprint density at radius 3 is 2.46 bits per heavy atom. The van der Waals surface area contributed by atoms with Crippen molar-refractivity contribution in [1.82, 2.24) is 13.6 Å². The number of hydrogen-bond donors (Lipinski definition) is 2. The summed E-state index contributed by atoms with van der Waals surface area (Å²) >= 11 is 5.00. The van der Waals surface area contributed by atoms with Crippen molar-refractivity contribution in [2.24, 2.45) is 0 Å². The summed E-state index contributed by atoms with van der Waals surface area (Å²) in [6, 6.07) is 14.2. The minimum Gasteiger partial charge on any atom is -0.475 e. The van der Waals surface area contributed by atoms with E-state index >= 15 is 0 Å². The third kappa shape index (κ3) is 7.69. The molecule has 0 amide bonds. The largest absolute Gasteiger partial charge is 0.490 e. The Bertz CT molecular complexity index is 1460. The molecule has 9 nitrogen and oxygen atoms in total. The predicted octanol–water partition coefficient (Wildman–Crippen LogP) is 5.10. The molecule has 41 heavy (non-hydrogen) atoms. The van der Waals surface area contributed by atoms with Gasteiger partial charge in [0, 0.05) is 48.6 Å². The van der Waals surface area contributed by atoms with Crippen LogP contribution in [0, 0.1) is 0 Å². The second-order valence-corrected chi connectivity index (χ2v) is 13.5. The van der Waals surface area contributed by atoms with Gasteiger partial charge in [0.1, 0.15) is 10.7 Å². The molecule has 224 valence electrons. The first-order valence-electron chi connectivity index (χ1n) is 13.0. The first kappa shape index (κ1) is 31.5. The third-order valence-electron chi connectivity index (χ3n) is 7.16. The number of benzene rings is 2. The van der Waals surface area contributed by atoms with Crippen LogP contribution in [-0.4, -0.2) is 91.6 Å². The number of aromatic nitrogens is 1. The van der Waals surface area contributed by atoms with Gasteiger partial charge in [0.05, 0.1) is 10.4 Å². The average Bonchev–Trinajstić information content (AvgIpc) is 3.54. The fourth-order valence-electron chi connectivity index (χ4n) is 4.96. The third-order valence-corrected chi connectivity index (χ3v) is 10.4. The van der Waals surface area contributed by atoms with E-state index in [-0.39, 0.29) is 0 Å². The van der Waals surface area contributed by atoms with Crippen LogP contribution in [0.15, 0.2) is 51.8 Å². The van der Waals surface area contributed by atoms with Crippen LogP contribution in [0.3, 0.4) is 0 Å². The first-order valence-corrected chi connectivity index (χ1v) is 16.0. The summed E-state index contributed by atoms with van der Waals surface area (Å²) in [5.74, 6) is -1.80. The molecule has 1 aromatic heterocycles. The van der Waals surface area contributed by atoms with Crippen molar-refractivity contribution < 1.29 is 31.5 Å². The number of carbonyl (C=O) groups is 1. The van der Waals surface area contributed by atoms with Crippen LogP contribution in [-0.2, 0) is 14.8 Å². The van der Waals surface area contributed by atoms with Gasteiger partial charge >= 0.3 is 12.1 Å². The van der Waals surface area contributed by atoms with Crippen LogP contribution in [0.2, 0.25) is 0 Å². The second-order valence-electron chi connectivity index (χ2n) is 9.83. The number of fused-ring (bicyclic) bond motifs is 1. The minimum absolute atomic E-state index is 0.350. The minimum atomic E-state index is -5.08. The molecular weight excluding hydrogens is 647 g/mol. The van der Waals surface area contributed by atoms with Gasteiger partial charge in [0.2, 0.25) is 10.0 Å². The number of carboxylic acids is 1. The van der Waals surface area contributed by atoms with Crippen molar-refractivity contribution >= 4 is 65.0 Å². The zero-order chi connectivity index (χ0) is 29.8. The lowest BCUT2D eigenvalue weighted by molar-refractivity contribution is -0.192. The lowest BCUT2D eigenvalue weighted by Crippen LogP contribution is -2.48. The fourth-order valence-corrected chi connectivity index (χ4v) is 7.69. The summed E-state index contributed by atoms with van der Waals surface area (Å²) < 4.78 is 67.3. The van der Waals surface area contributed by atoms with E-state index in [4.69, 9.17) is 9.90 Å². The van der Waals surface area contributed by atoms with E-state index in [1.165, 1.54) is 24.4 Å². The van der Waals surface area contributed by atoms with Crippen LogP contribution in [0.25, 0.3) is 10.1 Å². The predicted molar refractivity (Wildman–Crippen MR) is 157 cm³/mol. The summed E-state index contributed by atoms with van der Waals surface area (Å²) in [6.07, 6.45) is -1.64. The molecule has 2 aliphatic rings. The molecule has 1 unspecified atom stereocenters. The number of halogens is 4. The maximum atomic E-state index is 13.6. The van der Waals surface area contributed by atoms with Crippen LogP contribution in [0.5, 0.6) is 0 Å². The van der Waals surface area contributed by atoms with Gasteiger partial charge in [-0.05, 0) is 74.7 Å². The number of aliphatic carboxylic acids is 1. The number of anilines is 2. The van der Waals surface area contributed by atoms with Crippen molar-refractivity contribution in [3.8, 4) is 0 Å². The van der Waals surface area contributed by atoms with E-state index in [2.05, 4.69) is 54.6 Å². The number of piperazine rings is 1. The molecule has 0 bridgehead atoms. The number of alkyl halides is 3. The van der Waals surface area contributed by atoms with Crippen molar-refractivity contribution in [1.29, 1.82) is 0 Å². The number of nitrogens with one attached hydrogen (secondary N) is 1. The fraction of sp³-hybridized carbons (Fsp3) is 0.462. The molecule has 0 saturated carbocycles. The molecule has 3 heterocycles. The number of rotatable bonds is 7. The Morgan fingerprint density at radius 2 is 1.83 bits per heavy atom. The zero-order valence-electron chi connectivity index (χ0n) is 22.3. The van der Waals surface area contributed by atoms with Crippen LogP contribution in [0.4, 0.5) is 24.7 Å². The number of nitrogens with zero attached hydrogens (tertiary/aromatic N) is 4.